The summed E-state index contributed by atoms with van der Waals surface area (Å²) in [5.41, 5.74) is 8.18. The van der Waals surface area contributed by atoms with Crippen molar-refractivity contribution in [3.63, 3.8) is 0 Å². The molecule has 0 bridgehead atoms. The van der Waals surface area contributed by atoms with Gasteiger partial charge >= 0.3 is 0 Å². The molecule has 3 atom stereocenters. The Hall–Kier alpha value is -1.43. The quantitative estimate of drug-likeness (QED) is 0.816. The lowest BCUT2D eigenvalue weighted by atomic mass is 9.99. The first-order valence-electron chi connectivity index (χ1n) is 8.62. The largest absolute Gasteiger partial charge is 0.349 e. The van der Waals surface area contributed by atoms with Crippen molar-refractivity contribution in [1.29, 1.82) is 0 Å². The minimum absolute atomic E-state index is 0. The van der Waals surface area contributed by atoms with Crippen molar-refractivity contribution in [3.05, 3.63) is 40.9 Å². The smallest absolute Gasteiger partial charge is 0.220 e. The Labute approximate surface area is 159 Å². The Balaban J connectivity index is 0.00000225. The first-order valence-corrected chi connectivity index (χ1v) is 9.44. The highest BCUT2D eigenvalue weighted by atomic mass is 35.5. The van der Waals surface area contributed by atoms with Crippen LogP contribution in [0.3, 0.4) is 0 Å². The maximum absolute atomic E-state index is 12.3. The fraction of sp³-hybridized carbons (Fsp3) is 0.474. The molecule has 3 rings (SSSR count). The predicted molar refractivity (Wildman–Crippen MR) is 106 cm³/mol. The van der Waals surface area contributed by atoms with Gasteiger partial charge in [-0.1, -0.05) is 36.8 Å². The molecule has 4 nitrogen and oxygen atoms in total. The number of hydrogen-bond acceptors (Lipinski definition) is 4. The number of carbonyl (C=O) groups excluding carboxylic acids is 1. The van der Waals surface area contributed by atoms with Crippen molar-refractivity contribution in [2.24, 2.45) is 11.7 Å². The van der Waals surface area contributed by atoms with Gasteiger partial charge in [0.1, 0.15) is 5.01 Å². The zero-order valence-electron chi connectivity index (χ0n) is 14.7. The van der Waals surface area contributed by atoms with Crippen LogP contribution in [0.2, 0.25) is 0 Å². The van der Waals surface area contributed by atoms with Crippen LogP contribution in [0.1, 0.15) is 49.2 Å². The fourth-order valence-corrected chi connectivity index (χ4v) is 4.51. The van der Waals surface area contributed by atoms with E-state index < -0.39 is 0 Å². The van der Waals surface area contributed by atoms with Gasteiger partial charge in [0.25, 0.3) is 0 Å². The van der Waals surface area contributed by atoms with Crippen molar-refractivity contribution in [1.82, 2.24) is 10.3 Å². The van der Waals surface area contributed by atoms with Crippen molar-refractivity contribution >= 4 is 29.7 Å². The molecule has 1 unspecified atom stereocenters. The normalized spacial score (nSPS) is 20.8. The Kier molecular flexibility index (Phi) is 6.99. The monoisotopic (exact) mass is 379 g/mol. The van der Waals surface area contributed by atoms with E-state index in [2.05, 4.69) is 22.4 Å². The van der Waals surface area contributed by atoms with E-state index in [1.807, 2.05) is 32.0 Å². The number of rotatable bonds is 5. The molecule has 0 aliphatic heterocycles. The lowest BCUT2D eigenvalue weighted by Crippen LogP contribution is -2.32. The Morgan fingerprint density at radius 1 is 1.36 bits per heavy atom. The van der Waals surface area contributed by atoms with Crippen LogP contribution in [0.5, 0.6) is 0 Å². The zero-order valence-corrected chi connectivity index (χ0v) is 16.3. The van der Waals surface area contributed by atoms with Crippen molar-refractivity contribution in [3.8, 4) is 10.6 Å². The summed E-state index contributed by atoms with van der Waals surface area (Å²) in [5.74, 6) is 0.429. The molecule has 1 aliphatic carbocycles. The van der Waals surface area contributed by atoms with E-state index in [-0.39, 0.29) is 30.4 Å². The summed E-state index contributed by atoms with van der Waals surface area (Å²) in [6, 6.07) is 10.3. The number of nitrogens with zero attached hydrogens (tertiary/aromatic N) is 1. The number of nitrogens with two attached hydrogens (primary N) is 1. The van der Waals surface area contributed by atoms with Gasteiger partial charge in [-0.2, -0.15) is 0 Å². The lowest BCUT2D eigenvalue weighted by molar-refractivity contribution is -0.122. The molecule has 136 valence electrons. The minimum Gasteiger partial charge on any atom is -0.349 e. The molecule has 2 aromatic rings. The highest BCUT2D eigenvalue weighted by Crippen LogP contribution is 2.32. The molecule has 1 aromatic heterocycles. The summed E-state index contributed by atoms with van der Waals surface area (Å²) < 4.78 is 0. The standard InChI is InChI=1S/C19H25N3OS.ClH/c1-12(21-17(23)11-15-9-6-10-16(15)20)18-13(2)22-19(24-18)14-7-4-3-5-8-14;/h3-5,7-8,12,15-16H,6,9-11,20H2,1-2H3,(H,21,23);1H/t12?,15-,16+;/m0./s1. The summed E-state index contributed by atoms with van der Waals surface area (Å²) in [5, 5.41) is 4.13. The van der Waals surface area contributed by atoms with Crippen LogP contribution < -0.4 is 11.1 Å². The average molecular weight is 380 g/mol. The number of thiazole rings is 1. The number of hydrogen-bond donors (Lipinski definition) is 2. The highest BCUT2D eigenvalue weighted by molar-refractivity contribution is 7.15. The van der Waals surface area contributed by atoms with E-state index in [1.54, 1.807) is 11.3 Å². The van der Waals surface area contributed by atoms with Crippen LogP contribution >= 0.6 is 23.7 Å². The Morgan fingerprint density at radius 2 is 2.08 bits per heavy atom. The number of carbonyl (C=O) groups is 1. The van der Waals surface area contributed by atoms with E-state index in [0.29, 0.717) is 12.3 Å². The summed E-state index contributed by atoms with van der Waals surface area (Å²) in [4.78, 5) is 18.1. The number of nitrogens with one attached hydrogen (secondary N) is 1. The van der Waals surface area contributed by atoms with Gasteiger partial charge in [0.2, 0.25) is 5.91 Å². The van der Waals surface area contributed by atoms with Gasteiger partial charge in [-0.05, 0) is 32.6 Å². The maximum atomic E-state index is 12.3. The van der Waals surface area contributed by atoms with Crippen LogP contribution in [-0.4, -0.2) is 16.9 Å². The highest BCUT2D eigenvalue weighted by Gasteiger charge is 2.27. The lowest BCUT2D eigenvalue weighted by Gasteiger charge is -2.17. The Morgan fingerprint density at radius 3 is 2.72 bits per heavy atom. The van der Waals surface area contributed by atoms with E-state index in [1.165, 1.54) is 0 Å². The van der Waals surface area contributed by atoms with E-state index in [9.17, 15) is 4.79 Å². The zero-order chi connectivity index (χ0) is 17.1. The van der Waals surface area contributed by atoms with Gasteiger partial charge in [-0.15, -0.1) is 23.7 Å². The topological polar surface area (TPSA) is 68.0 Å². The van der Waals surface area contributed by atoms with Crippen molar-refractivity contribution in [2.75, 3.05) is 0 Å². The SMILES string of the molecule is Cc1nc(-c2ccccc2)sc1C(C)NC(=O)C[C@@H]1CCC[C@H]1N.Cl. The summed E-state index contributed by atoms with van der Waals surface area (Å²) >= 11 is 1.66. The summed E-state index contributed by atoms with van der Waals surface area (Å²) in [7, 11) is 0. The van der Waals surface area contributed by atoms with Crippen molar-refractivity contribution < 1.29 is 4.79 Å². The maximum Gasteiger partial charge on any atom is 0.220 e. The summed E-state index contributed by atoms with van der Waals surface area (Å²) in [6.45, 7) is 4.04. The molecule has 1 aromatic carbocycles. The molecule has 0 saturated heterocycles. The molecule has 0 radical (unpaired) electrons. The summed E-state index contributed by atoms with van der Waals surface area (Å²) in [6.07, 6.45) is 3.79. The van der Waals surface area contributed by atoms with Gasteiger partial charge in [-0.25, -0.2) is 4.98 Å². The van der Waals surface area contributed by atoms with Crippen LogP contribution in [-0.2, 0) is 4.79 Å². The van der Waals surface area contributed by atoms with Gasteiger partial charge < -0.3 is 11.1 Å². The first kappa shape index (κ1) is 19.9. The van der Waals surface area contributed by atoms with Crippen molar-refractivity contribution in [2.45, 2.75) is 51.6 Å². The second-order valence-electron chi connectivity index (χ2n) is 6.68. The second kappa shape index (κ2) is 8.79. The molecule has 1 amide bonds. The molecular weight excluding hydrogens is 354 g/mol. The first-order chi connectivity index (χ1) is 11.5. The number of amides is 1. The number of halogens is 1. The van der Waals surface area contributed by atoms with E-state index >= 15 is 0 Å². The molecule has 25 heavy (non-hydrogen) atoms. The Bertz CT molecular complexity index is 704. The van der Waals surface area contributed by atoms with Crippen LogP contribution in [0.25, 0.3) is 10.6 Å². The predicted octanol–water partition coefficient (Wildman–Crippen LogP) is 4.24. The molecular formula is C19H26ClN3OS. The third kappa shape index (κ3) is 4.81. The molecule has 1 saturated carbocycles. The van der Waals surface area contributed by atoms with Gasteiger partial charge in [-0.3, -0.25) is 4.79 Å². The minimum atomic E-state index is -0.0231. The molecule has 1 fully saturated rings. The van der Waals surface area contributed by atoms with E-state index in [0.717, 1.165) is 40.4 Å². The number of benzene rings is 1. The third-order valence-corrected chi connectivity index (χ3v) is 6.18. The number of aromatic nitrogens is 1. The average Bonchev–Trinajstić information content (AvgIpc) is 3.14. The van der Waals surface area contributed by atoms with Gasteiger partial charge in [0, 0.05) is 18.0 Å². The molecule has 6 heteroatoms. The molecule has 1 aliphatic rings. The third-order valence-electron chi connectivity index (χ3n) is 4.79. The van der Waals surface area contributed by atoms with Crippen LogP contribution in [0.4, 0.5) is 0 Å². The van der Waals surface area contributed by atoms with E-state index in [4.69, 9.17) is 5.73 Å². The van der Waals surface area contributed by atoms with Gasteiger partial charge in [0.15, 0.2) is 0 Å². The number of aryl methyl sites for hydroxylation is 1. The van der Waals surface area contributed by atoms with Crippen LogP contribution in [0, 0.1) is 12.8 Å². The second-order valence-corrected chi connectivity index (χ2v) is 7.71. The molecule has 1 heterocycles. The fourth-order valence-electron chi connectivity index (χ4n) is 3.44. The molecule has 3 N–H and O–H groups in total. The van der Waals surface area contributed by atoms with Crippen LogP contribution in [0.15, 0.2) is 30.3 Å². The molecule has 0 spiro atoms. The van der Waals surface area contributed by atoms with Gasteiger partial charge in [0.05, 0.1) is 16.6 Å².